The summed E-state index contributed by atoms with van der Waals surface area (Å²) in [6.45, 7) is 6.46. The summed E-state index contributed by atoms with van der Waals surface area (Å²) >= 11 is 0. The highest BCUT2D eigenvalue weighted by Crippen LogP contribution is 2.66. The van der Waals surface area contributed by atoms with Gasteiger partial charge in [0.2, 0.25) is 5.78 Å². The van der Waals surface area contributed by atoms with Crippen molar-refractivity contribution < 1.29 is 18.7 Å². The molecule has 7 atom stereocenters. The number of ether oxygens (including phenoxy) is 1. The van der Waals surface area contributed by atoms with Gasteiger partial charge >= 0.3 is 5.97 Å². The van der Waals surface area contributed by atoms with E-state index in [1.807, 2.05) is 36.4 Å². The van der Waals surface area contributed by atoms with Crippen LogP contribution in [0.5, 0.6) is 0 Å². The van der Waals surface area contributed by atoms with Crippen LogP contribution in [0.25, 0.3) is 0 Å². The van der Waals surface area contributed by atoms with E-state index >= 15 is 0 Å². The van der Waals surface area contributed by atoms with Gasteiger partial charge in [-0.2, -0.15) is 0 Å². The van der Waals surface area contributed by atoms with Gasteiger partial charge in [0.05, 0.1) is 0 Å². The summed E-state index contributed by atoms with van der Waals surface area (Å²) in [6, 6.07) is 11.5. The number of rotatable bonds is 3. The number of ketones is 1. The lowest BCUT2D eigenvalue weighted by Crippen LogP contribution is -2.54. The lowest BCUT2D eigenvalue weighted by Gasteiger charge is -2.59. The van der Waals surface area contributed by atoms with Crippen LogP contribution in [-0.2, 0) is 22.4 Å². The third-order valence-corrected chi connectivity index (χ3v) is 10.4. The van der Waals surface area contributed by atoms with Gasteiger partial charge in [0, 0.05) is 24.3 Å². The first kappa shape index (κ1) is 22.1. The molecule has 0 bridgehead atoms. The van der Waals surface area contributed by atoms with Crippen molar-refractivity contribution in [3.63, 3.8) is 0 Å². The van der Waals surface area contributed by atoms with Crippen molar-refractivity contribution in [1.82, 2.24) is 0 Å². The normalized spacial score (nSPS) is 38.3. The van der Waals surface area contributed by atoms with Crippen LogP contribution in [-0.4, -0.2) is 17.9 Å². The molecule has 1 heterocycles. The molecule has 1 aromatic carbocycles. The smallest absolute Gasteiger partial charge is 0.302 e. The molecule has 3 fully saturated rings. The predicted octanol–water partition coefficient (Wildman–Crippen LogP) is 6.40. The van der Waals surface area contributed by atoms with E-state index in [0.29, 0.717) is 35.0 Å². The number of hydrogen-bond acceptors (Lipinski definition) is 4. The van der Waals surface area contributed by atoms with E-state index in [-0.39, 0.29) is 28.7 Å². The van der Waals surface area contributed by atoms with E-state index in [9.17, 15) is 9.59 Å². The van der Waals surface area contributed by atoms with Crippen molar-refractivity contribution in [2.24, 2.45) is 34.5 Å². The molecule has 180 valence electrons. The van der Waals surface area contributed by atoms with Gasteiger partial charge in [0.1, 0.15) is 11.9 Å². The van der Waals surface area contributed by atoms with Crippen molar-refractivity contribution in [3.8, 4) is 0 Å². The maximum Gasteiger partial charge on any atom is 0.302 e. The van der Waals surface area contributed by atoms with Crippen molar-refractivity contribution >= 4 is 11.8 Å². The molecule has 0 radical (unpaired) electrons. The molecular weight excluding hydrogens is 424 g/mol. The van der Waals surface area contributed by atoms with Crippen LogP contribution in [0.3, 0.4) is 0 Å². The Morgan fingerprint density at radius 1 is 0.971 bits per heavy atom. The monoisotopic (exact) mass is 460 g/mol. The molecule has 0 aliphatic heterocycles. The van der Waals surface area contributed by atoms with E-state index in [1.54, 1.807) is 6.92 Å². The van der Waals surface area contributed by atoms with Crippen LogP contribution in [0.4, 0.5) is 0 Å². The summed E-state index contributed by atoms with van der Waals surface area (Å²) in [7, 11) is 0. The number of carbonyl (C=O) groups is 2. The Hall–Kier alpha value is -2.36. The van der Waals surface area contributed by atoms with Gasteiger partial charge in [-0.25, -0.2) is 0 Å². The highest BCUT2D eigenvalue weighted by molar-refractivity contribution is 6.07. The molecule has 3 saturated carbocycles. The van der Waals surface area contributed by atoms with E-state index in [0.717, 1.165) is 31.4 Å². The van der Waals surface area contributed by atoms with Crippen molar-refractivity contribution in [2.45, 2.75) is 78.2 Å². The Morgan fingerprint density at radius 2 is 1.74 bits per heavy atom. The summed E-state index contributed by atoms with van der Waals surface area (Å²) in [5.41, 5.74) is 2.30. The third kappa shape index (κ3) is 3.24. The average molecular weight is 461 g/mol. The summed E-state index contributed by atoms with van der Waals surface area (Å²) in [4.78, 5) is 24.8. The average Bonchev–Trinajstić information content (AvgIpc) is 3.37. The fraction of sp³-hybridized carbons (Fsp3) is 0.600. The summed E-state index contributed by atoms with van der Waals surface area (Å²) < 4.78 is 12.0. The standard InChI is InChI=1S/C30H36O4/c1-18(31)33-27-12-11-23-22-10-9-21-16-25-20(17-30(21,3)24(22)13-14-29(23,27)2)15-26(34-25)28(32)19-7-5-4-6-8-19/h4-8,15,21-24,27H,9-14,16-17H2,1-3H3/t21-,22-,23-,24-,27-,29-,30-/m0/s1. The zero-order valence-corrected chi connectivity index (χ0v) is 20.6. The second-order valence-electron chi connectivity index (χ2n) is 12.0. The lowest BCUT2D eigenvalue weighted by molar-refractivity contribution is -0.160. The minimum Gasteiger partial charge on any atom is -0.462 e. The first-order chi connectivity index (χ1) is 16.3. The number of carbonyl (C=O) groups excluding carboxylic acids is 2. The van der Waals surface area contributed by atoms with Gasteiger partial charge in [0.25, 0.3) is 0 Å². The number of hydrogen-bond donors (Lipinski definition) is 0. The molecule has 4 aliphatic carbocycles. The largest absolute Gasteiger partial charge is 0.462 e. The van der Waals surface area contributed by atoms with Crippen molar-refractivity contribution in [2.75, 3.05) is 0 Å². The third-order valence-electron chi connectivity index (χ3n) is 10.4. The molecule has 6 rings (SSSR count). The molecule has 2 aromatic rings. The first-order valence-electron chi connectivity index (χ1n) is 13.2. The fourth-order valence-corrected chi connectivity index (χ4v) is 8.76. The van der Waals surface area contributed by atoms with Crippen molar-refractivity contribution in [1.29, 1.82) is 0 Å². The Bertz CT molecular complexity index is 1120. The number of fused-ring (bicyclic) bond motifs is 6. The minimum absolute atomic E-state index is 0.0168. The molecule has 4 aliphatic rings. The summed E-state index contributed by atoms with van der Waals surface area (Å²) in [5, 5.41) is 0. The molecule has 0 amide bonds. The Balaban J connectivity index is 1.26. The maximum absolute atomic E-state index is 13.0. The maximum atomic E-state index is 13.0. The van der Waals surface area contributed by atoms with Gasteiger partial charge in [-0.15, -0.1) is 0 Å². The molecule has 0 saturated heterocycles. The van der Waals surface area contributed by atoms with Crippen LogP contribution >= 0.6 is 0 Å². The summed E-state index contributed by atoms with van der Waals surface area (Å²) in [6.07, 6.45) is 9.10. The van der Waals surface area contributed by atoms with Gasteiger partial charge in [-0.05, 0) is 85.7 Å². The summed E-state index contributed by atoms with van der Waals surface area (Å²) in [5.74, 6) is 4.04. The molecule has 34 heavy (non-hydrogen) atoms. The molecule has 0 spiro atoms. The van der Waals surface area contributed by atoms with Gasteiger partial charge in [0.15, 0.2) is 5.76 Å². The Kier molecular flexibility index (Phi) is 5.09. The zero-order chi connectivity index (χ0) is 23.7. The lowest BCUT2D eigenvalue weighted by atomic mass is 9.45. The second-order valence-corrected chi connectivity index (χ2v) is 12.0. The van der Waals surface area contributed by atoms with Crippen LogP contribution in [0.15, 0.2) is 40.8 Å². The molecule has 4 heteroatoms. The van der Waals surface area contributed by atoms with E-state index in [4.69, 9.17) is 9.15 Å². The molecule has 4 nitrogen and oxygen atoms in total. The Morgan fingerprint density at radius 3 is 2.50 bits per heavy atom. The van der Waals surface area contributed by atoms with Gasteiger partial charge in [-0.3, -0.25) is 9.59 Å². The highest BCUT2D eigenvalue weighted by atomic mass is 16.5. The SMILES string of the molecule is CC(=O)O[C@H]1CC[C@H]2[C@@H]3CC[C@H]4Cc5oc(C(=O)c6ccccc6)cc5C[C@]4(C)[C@H]3CC[C@]12C. The number of esters is 1. The predicted molar refractivity (Wildman–Crippen MR) is 129 cm³/mol. The minimum atomic E-state index is -0.134. The first-order valence-corrected chi connectivity index (χ1v) is 13.2. The molecular formula is C30H36O4. The quantitative estimate of drug-likeness (QED) is 0.393. The second kappa shape index (κ2) is 7.83. The Labute approximate surface area is 202 Å². The van der Waals surface area contributed by atoms with Crippen LogP contribution in [0, 0.1) is 34.5 Å². The topological polar surface area (TPSA) is 56.5 Å². The molecule has 0 unspecified atom stereocenters. The van der Waals surface area contributed by atoms with Crippen LogP contribution in [0.1, 0.15) is 86.7 Å². The fourth-order valence-electron chi connectivity index (χ4n) is 8.76. The number of furan rings is 1. The van der Waals surface area contributed by atoms with Gasteiger partial charge < -0.3 is 9.15 Å². The van der Waals surface area contributed by atoms with E-state index in [1.165, 1.54) is 31.2 Å². The van der Waals surface area contributed by atoms with Crippen LogP contribution in [0.2, 0.25) is 0 Å². The van der Waals surface area contributed by atoms with Gasteiger partial charge in [-0.1, -0.05) is 44.2 Å². The molecule has 0 N–H and O–H groups in total. The van der Waals surface area contributed by atoms with Crippen molar-refractivity contribution in [3.05, 3.63) is 59.0 Å². The zero-order valence-electron chi connectivity index (χ0n) is 20.6. The molecule has 1 aromatic heterocycles. The van der Waals surface area contributed by atoms with E-state index in [2.05, 4.69) is 13.8 Å². The highest BCUT2D eigenvalue weighted by Gasteiger charge is 2.61. The number of benzene rings is 1. The van der Waals surface area contributed by atoms with Crippen LogP contribution < -0.4 is 0 Å². The van der Waals surface area contributed by atoms with E-state index < -0.39 is 0 Å².